The molecule has 3 heterocycles. The van der Waals surface area contributed by atoms with E-state index in [1.165, 1.54) is 16.0 Å². The zero-order chi connectivity index (χ0) is 23.8. The van der Waals surface area contributed by atoms with Crippen molar-refractivity contribution in [2.75, 3.05) is 5.32 Å². The molecular formula is C23H20ClN5O3S. The normalized spacial score (nSPS) is 14.1. The molecule has 168 valence electrons. The van der Waals surface area contributed by atoms with Gasteiger partial charge < -0.3 is 10.1 Å². The number of hydrogen-bond donors (Lipinski definition) is 1. The van der Waals surface area contributed by atoms with Crippen LogP contribution in [0.3, 0.4) is 0 Å². The Labute approximate surface area is 199 Å². The minimum atomic E-state index is -1.23. The highest BCUT2D eigenvalue weighted by molar-refractivity contribution is 7.13. The number of nitrogens with zero attached hydrogens (tertiary/aromatic N) is 4. The van der Waals surface area contributed by atoms with E-state index < -0.39 is 17.4 Å². The van der Waals surface area contributed by atoms with Gasteiger partial charge >= 0.3 is 0 Å². The molecule has 33 heavy (non-hydrogen) atoms. The number of rotatable bonds is 5. The fourth-order valence-corrected chi connectivity index (χ4v) is 3.74. The molecule has 0 fully saturated rings. The third kappa shape index (κ3) is 4.79. The van der Waals surface area contributed by atoms with Crippen molar-refractivity contribution < 1.29 is 14.3 Å². The number of amides is 2. The van der Waals surface area contributed by atoms with Crippen molar-refractivity contribution in [2.24, 2.45) is 9.98 Å². The Balaban J connectivity index is 1.67. The molecule has 1 aromatic carbocycles. The smallest absolute Gasteiger partial charge is 0.281 e. The monoisotopic (exact) mass is 481 g/mol. The number of anilines is 1. The standard InChI is InChI=1S/C23H20ClN5O3S/c1-13-14(2)25-22(27-20(13)30)29-19(12-17(28-29)18-6-5-11-33-18)26-21(31)23(3,4)32-16-9-7-15(24)8-10-16/h5-12H,1H2,2-4H3,(H,26,31). The summed E-state index contributed by atoms with van der Waals surface area (Å²) in [7, 11) is 0. The van der Waals surface area contributed by atoms with Gasteiger partial charge in [-0.15, -0.1) is 11.3 Å². The highest BCUT2D eigenvalue weighted by atomic mass is 35.5. The maximum Gasteiger partial charge on any atom is 0.281 e. The highest BCUT2D eigenvalue weighted by Crippen LogP contribution is 2.28. The van der Waals surface area contributed by atoms with Gasteiger partial charge in [-0.3, -0.25) is 9.59 Å². The Morgan fingerprint density at radius 1 is 1.21 bits per heavy atom. The maximum atomic E-state index is 13.2. The average Bonchev–Trinajstić information content (AvgIpc) is 3.43. The summed E-state index contributed by atoms with van der Waals surface area (Å²) in [5, 5.41) is 9.86. The second-order valence-corrected chi connectivity index (χ2v) is 9.10. The predicted octanol–water partition coefficient (Wildman–Crippen LogP) is 4.82. The number of carbonyl (C=O) groups is 2. The molecule has 0 aliphatic carbocycles. The first-order chi connectivity index (χ1) is 15.6. The lowest BCUT2D eigenvalue weighted by Gasteiger charge is -2.25. The molecule has 0 radical (unpaired) electrons. The number of aromatic nitrogens is 2. The Morgan fingerprint density at radius 3 is 2.58 bits per heavy atom. The molecule has 2 aromatic heterocycles. The van der Waals surface area contributed by atoms with Gasteiger partial charge in [-0.25, -0.2) is 4.99 Å². The van der Waals surface area contributed by atoms with Crippen molar-refractivity contribution in [3.8, 4) is 16.3 Å². The third-order valence-corrected chi connectivity index (χ3v) is 5.96. The number of hydrogen-bond acceptors (Lipinski definition) is 6. The molecule has 0 atom stereocenters. The first-order valence-corrected chi connectivity index (χ1v) is 11.2. The van der Waals surface area contributed by atoms with Crippen molar-refractivity contribution in [1.29, 1.82) is 0 Å². The number of carbonyl (C=O) groups excluding carboxylic acids is 2. The fourth-order valence-electron chi connectivity index (χ4n) is 2.93. The van der Waals surface area contributed by atoms with Crippen molar-refractivity contribution in [3.05, 3.63) is 65.0 Å². The number of thiophene rings is 1. The lowest BCUT2D eigenvalue weighted by molar-refractivity contribution is -0.128. The summed E-state index contributed by atoms with van der Waals surface area (Å²) in [6.07, 6.45) is 0. The van der Waals surface area contributed by atoms with Crippen LogP contribution in [-0.4, -0.2) is 38.9 Å². The summed E-state index contributed by atoms with van der Waals surface area (Å²) in [5.41, 5.74) is 0.0161. The minimum absolute atomic E-state index is 0.0411. The van der Waals surface area contributed by atoms with E-state index in [-0.39, 0.29) is 11.5 Å². The van der Waals surface area contributed by atoms with Crippen LogP contribution in [-0.2, 0) is 9.59 Å². The maximum absolute atomic E-state index is 13.2. The van der Waals surface area contributed by atoms with Gasteiger partial charge in [-0.2, -0.15) is 14.8 Å². The topological polar surface area (TPSA) is 97.9 Å². The largest absolute Gasteiger partial charge is 0.478 e. The molecule has 0 unspecified atom stereocenters. The van der Waals surface area contributed by atoms with Gasteiger partial charge in [-0.1, -0.05) is 24.2 Å². The highest BCUT2D eigenvalue weighted by Gasteiger charge is 2.32. The van der Waals surface area contributed by atoms with E-state index in [0.717, 1.165) is 4.88 Å². The van der Waals surface area contributed by atoms with Gasteiger partial charge in [0.05, 0.1) is 16.2 Å². The summed E-state index contributed by atoms with van der Waals surface area (Å²) in [6.45, 7) is 8.64. The lowest BCUT2D eigenvalue weighted by atomic mass is 10.1. The molecule has 1 aliphatic heterocycles. The summed E-state index contributed by atoms with van der Waals surface area (Å²) in [4.78, 5) is 34.6. The SMILES string of the molecule is C=C1C(=O)N=C(n2nc(-c3cccs3)cc2NC(=O)C(C)(C)Oc2ccc(Cl)cc2)N=C1C. The van der Waals surface area contributed by atoms with Gasteiger partial charge in [0.1, 0.15) is 17.3 Å². The number of nitrogens with one attached hydrogen (secondary N) is 1. The van der Waals surface area contributed by atoms with Gasteiger partial charge in [0.25, 0.3) is 17.8 Å². The van der Waals surface area contributed by atoms with Gasteiger partial charge in [0, 0.05) is 11.1 Å². The fraction of sp³-hybridized carbons (Fsp3) is 0.174. The van der Waals surface area contributed by atoms with Crippen LogP contribution in [0.4, 0.5) is 5.82 Å². The Hall–Kier alpha value is -3.56. The molecule has 4 rings (SSSR count). The molecule has 0 bridgehead atoms. The number of aliphatic imine (C=N–C) groups is 2. The van der Waals surface area contributed by atoms with Crippen LogP contribution in [0.15, 0.2) is 70.0 Å². The summed E-state index contributed by atoms with van der Waals surface area (Å²) < 4.78 is 7.21. The van der Waals surface area contributed by atoms with Crippen LogP contribution in [0.2, 0.25) is 5.02 Å². The molecule has 10 heteroatoms. The van der Waals surface area contributed by atoms with Crippen LogP contribution >= 0.6 is 22.9 Å². The number of benzene rings is 1. The van der Waals surface area contributed by atoms with E-state index in [2.05, 4.69) is 27.0 Å². The van der Waals surface area contributed by atoms with E-state index in [9.17, 15) is 9.59 Å². The van der Waals surface area contributed by atoms with Crippen molar-refractivity contribution in [2.45, 2.75) is 26.4 Å². The van der Waals surface area contributed by atoms with Crippen molar-refractivity contribution >= 4 is 52.2 Å². The molecular weight excluding hydrogens is 462 g/mol. The molecule has 1 N–H and O–H groups in total. The molecule has 0 saturated heterocycles. The van der Waals surface area contributed by atoms with E-state index in [4.69, 9.17) is 16.3 Å². The molecule has 0 spiro atoms. The van der Waals surface area contributed by atoms with Crippen LogP contribution in [0.1, 0.15) is 20.8 Å². The Morgan fingerprint density at radius 2 is 1.94 bits per heavy atom. The number of halogens is 1. The second kappa shape index (κ2) is 8.76. The van der Waals surface area contributed by atoms with E-state index in [1.807, 2.05) is 17.5 Å². The first-order valence-electron chi connectivity index (χ1n) is 9.92. The van der Waals surface area contributed by atoms with Gasteiger partial charge in [-0.05, 0) is 56.5 Å². The Kier molecular flexibility index (Phi) is 6.01. The van der Waals surface area contributed by atoms with Crippen molar-refractivity contribution in [3.63, 3.8) is 0 Å². The third-order valence-electron chi connectivity index (χ3n) is 4.81. The molecule has 3 aromatic rings. The quantitative estimate of drug-likeness (QED) is 0.528. The lowest BCUT2D eigenvalue weighted by Crippen LogP contribution is -2.43. The summed E-state index contributed by atoms with van der Waals surface area (Å²) >= 11 is 7.42. The van der Waals surface area contributed by atoms with E-state index in [0.29, 0.717) is 28.0 Å². The van der Waals surface area contributed by atoms with E-state index in [1.54, 1.807) is 51.1 Å². The van der Waals surface area contributed by atoms with Crippen LogP contribution in [0.25, 0.3) is 10.6 Å². The second-order valence-electron chi connectivity index (χ2n) is 7.72. The minimum Gasteiger partial charge on any atom is -0.478 e. The van der Waals surface area contributed by atoms with E-state index >= 15 is 0 Å². The molecule has 1 aliphatic rings. The number of ether oxygens (including phenoxy) is 1. The molecule has 0 saturated carbocycles. The van der Waals surface area contributed by atoms with Crippen molar-refractivity contribution in [1.82, 2.24) is 9.78 Å². The zero-order valence-corrected chi connectivity index (χ0v) is 19.7. The Bertz CT molecular complexity index is 1300. The average molecular weight is 482 g/mol. The summed E-state index contributed by atoms with van der Waals surface area (Å²) in [6, 6.07) is 12.2. The van der Waals surface area contributed by atoms with Crippen LogP contribution in [0, 0.1) is 0 Å². The van der Waals surface area contributed by atoms with Crippen LogP contribution in [0.5, 0.6) is 5.75 Å². The van der Waals surface area contributed by atoms with Gasteiger partial charge in [0.2, 0.25) is 0 Å². The molecule has 8 nitrogen and oxygen atoms in total. The van der Waals surface area contributed by atoms with Gasteiger partial charge in [0.15, 0.2) is 5.60 Å². The molecule has 2 amide bonds. The summed E-state index contributed by atoms with van der Waals surface area (Å²) in [5.74, 6) is -0.0990. The predicted molar refractivity (Wildman–Crippen MR) is 130 cm³/mol. The first kappa shape index (κ1) is 22.6. The zero-order valence-electron chi connectivity index (χ0n) is 18.1. The van der Waals surface area contributed by atoms with Crippen LogP contribution < -0.4 is 10.1 Å².